The van der Waals surface area contributed by atoms with Crippen molar-refractivity contribution in [2.45, 2.75) is 6.54 Å². The Kier molecular flexibility index (Phi) is 4.96. The summed E-state index contributed by atoms with van der Waals surface area (Å²) in [5, 5.41) is 2.11. The highest BCUT2D eigenvalue weighted by molar-refractivity contribution is 6.01. The summed E-state index contributed by atoms with van der Waals surface area (Å²) in [6.45, 7) is 1.26. The molecule has 1 aliphatic rings. The Morgan fingerprint density at radius 3 is 2.64 bits per heavy atom. The van der Waals surface area contributed by atoms with Crippen molar-refractivity contribution in [2.75, 3.05) is 13.2 Å². The van der Waals surface area contributed by atoms with Gasteiger partial charge in [-0.2, -0.15) is 4.57 Å². The van der Waals surface area contributed by atoms with E-state index in [0.29, 0.717) is 30.3 Å². The van der Waals surface area contributed by atoms with E-state index in [1.165, 1.54) is 0 Å². The first kappa shape index (κ1) is 18.4. The molecular weight excluding hydrogens is 420 g/mol. The van der Waals surface area contributed by atoms with E-state index in [9.17, 15) is 4.79 Å². The molecule has 0 atom stereocenters. The number of carbonyl (C=O) groups excluding carboxylic acids is 1. The molecule has 2 aromatic heterocycles. The molecule has 0 amide bonds. The quantitative estimate of drug-likeness (QED) is 0.264. The van der Waals surface area contributed by atoms with Crippen LogP contribution in [0.1, 0.15) is 10.4 Å². The summed E-state index contributed by atoms with van der Waals surface area (Å²) < 4.78 is 13.1. The van der Waals surface area contributed by atoms with Gasteiger partial charge in [-0.15, -0.1) is 0 Å². The lowest BCUT2D eigenvalue weighted by Crippen LogP contribution is -3.00. The van der Waals surface area contributed by atoms with Crippen LogP contribution >= 0.6 is 0 Å². The zero-order valence-electron chi connectivity index (χ0n) is 15.0. The molecule has 5 nitrogen and oxygen atoms in total. The van der Waals surface area contributed by atoms with E-state index in [4.69, 9.17) is 9.47 Å². The molecule has 5 rings (SSSR count). The maximum Gasteiger partial charge on any atom is 0.239 e. The molecule has 0 aliphatic carbocycles. The largest absolute Gasteiger partial charge is 1.00 e. The van der Waals surface area contributed by atoms with Crippen LogP contribution in [0.3, 0.4) is 0 Å². The average molecular weight is 437 g/mol. The van der Waals surface area contributed by atoms with Crippen LogP contribution < -0.4 is 31.0 Å². The molecule has 0 fully saturated rings. The van der Waals surface area contributed by atoms with E-state index in [2.05, 4.69) is 17.1 Å². The van der Waals surface area contributed by atoms with Crippen molar-refractivity contribution >= 4 is 27.6 Å². The van der Waals surface area contributed by atoms with Crippen molar-refractivity contribution in [3.63, 3.8) is 0 Å². The zero-order valence-corrected chi connectivity index (χ0v) is 16.6. The fourth-order valence-corrected chi connectivity index (χ4v) is 3.50. The van der Waals surface area contributed by atoms with Gasteiger partial charge in [0.1, 0.15) is 18.7 Å². The predicted molar refractivity (Wildman–Crippen MR) is 101 cm³/mol. The van der Waals surface area contributed by atoms with E-state index < -0.39 is 0 Å². The number of pyridine rings is 2. The highest BCUT2D eigenvalue weighted by atomic mass is 79.9. The summed E-state index contributed by atoms with van der Waals surface area (Å²) in [5.74, 6) is 1.32. The molecule has 4 aromatic rings. The van der Waals surface area contributed by atoms with E-state index in [-0.39, 0.29) is 29.3 Å². The van der Waals surface area contributed by atoms with Crippen LogP contribution in [0.15, 0.2) is 67.0 Å². The summed E-state index contributed by atoms with van der Waals surface area (Å²) in [6, 6.07) is 17.4. The predicted octanol–water partition coefficient (Wildman–Crippen LogP) is 0.334. The second kappa shape index (κ2) is 7.56. The van der Waals surface area contributed by atoms with E-state index >= 15 is 0 Å². The maximum absolute atomic E-state index is 12.9. The lowest BCUT2D eigenvalue weighted by Gasteiger charge is -2.18. The molecule has 0 N–H and O–H groups in total. The monoisotopic (exact) mass is 436 g/mol. The third-order valence-corrected chi connectivity index (χ3v) is 4.79. The van der Waals surface area contributed by atoms with Gasteiger partial charge < -0.3 is 26.5 Å². The number of halogens is 1. The number of rotatable bonds is 3. The Balaban J connectivity index is 0.00000192. The topological polar surface area (TPSA) is 52.3 Å². The minimum absolute atomic E-state index is 0. The van der Waals surface area contributed by atoms with Crippen LogP contribution in [-0.4, -0.2) is 24.0 Å². The van der Waals surface area contributed by atoms with Crippen LogP contribution in [0.5, 0.6) is 11.5 Å². The minimum atomic E-state index is 0. The fraction of sp³-hybridized carbons (Fsp3) is 0.136. The number of benzene rings is 2. The molecule has 0 saturated carbocycles. The maximum atomic E-state index is 12.9. The fourth-order valence-electron chi connectivity index (χ4n) is 3.50. The van der Waals surface area contributed by atoms with Gasteiger partial charge in [-0.05, 0) is 36.4 Å². The van der Waals surface area contributed by atoms with Crippen LogP contribution in [0.25, 0.3) is 21.8 Å². The molecular formula is C22H17BrN2O3. The number of carbonyl (C=O) groups is 1. The molecule has 0 radical (unpaired) electrons. The molecule has 2 aromatic carbocycles. The van der Waals surface area contributed by atoms with Gasteiger partial charge in [-0.3, -0.25) is 4.79 Å². The lowest BCUT2D eigenvalue weighted by atomic mass is 10.1. The second-order valence-electron chi connectivity index (χ2n) is 6.50. The first-order valence-electron chi connectivity index (χ1n) is 8.88. The minimum Gasteiger partial charge on any atom is -1.00 e. The highest BCUT2D eigenvalue weighted by Crippen LogP contribution is 2.31. The molecule has 3 heterocycles. The van der Waals surface area contributed by atoms with E-state index in [1.807, 2.05) is 35.0 Å². The Morgan fingerprint density at radius 2 is 1.75 bits per heavy atom. The van der Waals surface area contributed by atoms with Gasteiger partial charge in [-0.25, -0.2) is 4.98 Å². The molecule has 0 spiro atoms. The molecule has 0 unspecified atom stereocenters. The number of fused-ring (bicyclic) bond motifs is 4. The van der Waals surface area contributed by atoms with Crippen LogP contribution in [0.4, 0.5) is 0 Å². The first-order valence-corrected chi connectivity index (χ1v) is 8.88. The van der Waals surface area contributed by atoms with Gasteiger partial charge in [0.2, 0.25) is 17.8 Å². The molecule has 0 bridgehead atoms. The third-order valence-electron chi connectivity index (χ3n) is 4.79. The van der Waals surface area contributed by atoms with Gasteiger partial charge in [0, 0.05) is 28.6 Å². The van der Waals surface area contributed by atoms with Gasteiger partial charge in [0.25, 0.3) is 0 Å². The SMILES string of the molecule is O=C(C[n+]1cccc2ccc3cccnc3c21)c1ccc2c(c1)OCCO2.[Br-]. The average Bonchev–Trinajstić information content (AvgIpc) is 2.73. The van der Waals surface area contributed by atoms with Gasteiger partial charge in [0.15, 0.2) is 17.7 Å². The first-order chi connectivity index (χ1) is 13.3. The van der Waals surface area contributed by atoms with E-state index in [0.717, 1.165) is 21.8 Å². The Labute approximate surface area is 172 Å². The smallest absolute Gasteiger partial charge is 0.239 e. The summed E-state index contributed by atoms with van der Waals surface area (Å²) in [7, 11) is 0. The summed E-state index contributed by atoms with van der Waals surface area (Å²) in [5.41, 5.74) is 2.46. The number of ether oxygens (including phenoxy) is 2. The lowest BCUT2D eigenvalue weighted by molar-refractivity contribution is -0.656. The van der Waals surface area contributed by atoms with Crippen molar-refractivity contribution in [1.29, 1.82) is 0 Å². The van der Waals surface area contributed by atoms with Crippen molar-refractivity contribution in [3.8, 4) is 11.5 Å². The third kappa shape index (κ3) is 3.20. The standard InChI is InChI=1S/C22H17N2O3.BrH/c25-18(17-7-8-19-20(13-17)27-12-11-26-19)14-24-10-2-4-16-6-5-15-3-1-9-23-21(15)22(16)24;/h1-10,13H,11-12,14H2;1H/q+1;/p-1. The van der Waals surface area contributed by atoms with Crippen molar-refractivity contribution in [2.24, 2.45) is 0 Å². The van der Waals surface area contributed by atoms with Crippen molar-refractivity contribution in [1.82, 2.24) is 4.98 Å². The Morgan fingerprint density at radius 1 is 0.964 bits per heavy atom. The van der Waals surface area contributed by atoms with Gasteiger partial charge in [0.05, 0.1) is 0 Å². The highest BCUT2D eigenvalue weighted by Gasteiger charge is 2.20. The van der Waals surface area contributed by atoms with Crippen molar-refractivity contribution < 1.29 is 35.8 Å². The van der Waals surface area contributed by atoms with E-state index in [1.54, 1.807) is 24.4 Å². The second-order valence-corrected chi connectivity index (χ2v) is 6.50. The normalized spacial score (nSPS) is 12.6. The Hall–Kier alpha value is -2.99. The molecule has 0 saturated heterocycles. The number of aromatic nitrogens is 2. The van der Waals surface area contributed by atoms with Crippen LogP contribution in [0.2, 0.25) is 0 Å². The zero-order chi connectivity index (χ0) is 18.2. The number of ketones is 1. The number of Topliss-reactive ketones (excluding diaryl/α,β-unsaturated/α-hetero) is 1. The number of hydrogen-bond donors (Lipinski definition) is 0. The van der Waals surface area contributed by atoms with Gasteiger partial charge >= 0.3 is 0 Å². The summed E-state index contributed by atoms with van der Waals surface area (Å²) in [6.07, 6.45) is 3.70. The summed E-state index contributed by atoms with van der Waals surface area (Å²) in [4.78, 5) is 17.5. The summed E-state index contributed by atoms with van der Waals surface area (Å²) >= 11 is 0. The van der Waals surface area contributed by atoms with Crippen molar-refractivity contribution in [3.05, 3.63) is 72.6 Å². The molecule has 1 aliphatic heterocycles. The molecule has 140 valence electrons. The Bertz CT molecular complexity index is 1190. The van der Waals surface area contributed by atoms with Gasteiger partial charge in [-0.1, -0.05) is 12.1 Å². The van der Waals surface area contributed by atoms with Crippen LogP contribution in [0, 0.1) is 0 Å². The number of nitrogens with zero attached hydrogens (tertiary/aromatic N) is 2. The van der Waals surface area contributed by atoms with Crippen LogP contribution in [-0.2, 0) is 6.54 Å². The molecule has 28 heavy (non-hydrogen) atoms. The molecule has 6 heteroatoms. The number of hydrogen-bond acceptors (Lipinski definition) is 4.